The van der Waals surface area contributed by atoms with Crippen molar-refractivity contribution in [3.63, 3.8) is 0 Å². The molecule has 0 fully saturated rings. The second-order valence-electron chi connectivity index (χ2n) is 8.45. The number of amides is 1. The number of carbonyl (C=O) groups excluding carboxylic acids is 1. The maximum Gasteiger partial charge on any atom is 0.339 e. The zero-order valence-electron chi connectivity index (χ0n) is 23.0. The summed E-state index contributed by atoms with van der Waals surface area (Å²) in [5.74, 6) is -0.104. The molecule has 0 saturated carbocycles. The summed E-state index contributed by atoms with van der Waals surface area (Å²) < 4.78 is 65.3. The molecule has 0 atom stereocenters. The fourth-order valence-electron chi connectivity index (χ4n) is 4.07. The van der Waals surface area contributed by atoms with Crippen LogP contribution < -0.4 is 38.6 Å². The molecule has 0 spiro atoms. The third kappa shape index (κ3) is 5.70. The molecule has 4 rings (SSSR count). The Labute approximate surface area is 235 Å². The Morgan fingerprint density at radius 1 is 0.780 bits per heavy atom. The van der Waals surface area contributed by atoms with E-state index in [-0.39, 0.29) is 56.1 Å². The standard InChI is InChI=1S/C28H27NO11S/c1-15(30)29-17-7-9-19(10-8-17)41(32,33)40-28-25(31)24-20(35-3)13-18(34-2)14-21(24)39-26(28)16-11-22(36-4)27(38-6)23(12-16)37-5/h7-14H,1-6H3,(H,29,30). The first-order valence-electron chi connectivity index (χ1n) is 11.9. The van der Waals surface area contributed by atoms with Gasteiger partial charge in [0.05, 0.1) is 35.5 Å². The van der Waals surface area contributed by atoms with Crippen LogP contribution in [0.5, 0.6) is 34.5 Å². The minimum absolute atomic E-state index is 0.0411. The fraction of sp³-hybridized carbons (Fsp3) is 0.214. The van der Waals surface area contributed by atoms with Crippen molar-refractivity contribution in [2.75, 3.05) is 40.9 Å². The quantitative estimate of drug-likeness (QED) is 0.267. The van der Waals surface area contributed by atoms with Crippen molar-refractivity contribution >= 4 is 32.7 Å². The molecule has 216 valence electrons. The normalized spacial score (nSPS) is 11.1. The van der Waals surface area contributed by atoms with Crippen molar-refractivity contribution in [3.8, 4) is 45.8 Å². The van der Waals surface area contributed by atoms with Gasteiger partial charge in [0.2, 0.25) is 22.8 Å². The molecule has 1 amide bonds. The van der Waals surface area contributed by atoms with E-state index >= 15 is 0 Å². The highest BCUT2D eigenvalue weighted by atomic mass is 32.2. The number of hydrogen-bond donors (Lipinski definition) is 1. The lowest BCUT2D eigenvalue weighted by atomic mass is 10.1. The lowest BCUT2D eigenvalue weighted by molar-refractivity contribution is -0.114. The largest absolute Gasteiger partial charge is 0.496 e. The van der Waals surface area contributed by atoms with Gasteiger partial charge in [0.1, 0.15) is 27.4 Å². The van der Waals surface area contributed by atoms with E-state index in [1.54, 1.807) is 0 Å². The zero-order valence-corrected chi connectivity index (χ0v) is 23.8. The Morgan fingerprint density at radius 2 is 1.39 bits per heavy atom. The summed E-state index contributed by atoms with van der Waals surface area (Å²) in [5, 5.41) is 2.47. The van der Waals surface area contributed by atoms with Gasteiger partial charge in [0.15, 0.2) is 17.3 Å². The van der Waals surface area contributed by atoms with Crippen molar-refractivity contribution < 1.29 is 45.5 Å². The summed E-state index contributed by atoms with van der Waals surface area (Å²) in [7, 11) is 2.42. The molecule has 0 aliphatic rings. The molecular formula is C28H27NO11S. The Balaban J connectivity index is 2.00. The Kier molecular flexibility index (Phi) is 8.28. The number of methoxy groups -OCH3 is 5. The molecular weight excluding hydrogens is 558 g/mol. The fourth-order valence-corrected chi connectivity index (χ4v) is 5.00. The SMILES string of the molecule is COc1cc(OC)c2c(=O)c(OS(=O)(=O)c3ccc(NC(C)=O)cc3)c(-c3cc(OC)c(OC)c(OC)c3)oc2c1. The molecule has 1 heterocycles. The van der Waals surface area contributed by atoms with Crippen molar-refractivity contribution in [3.05, 3.63) is 58.8 Å². The van der Waals surface area contributed by atoms with Crippen LogP contribution in [0.1, 0.15) is 6.92 Å². The number of rotatable bonds is 10. The molecule has 0 aliphatic carbocycles. The predicted molar refractivity (Wildman–Crippen MR) is 149 cm³/mol. The van der Waals surface area contributed by atoms with Crippen LogP contribution in [-0.2, 0) is 14.9 Å². The first kappa shape index (κ1) is 29.1. The zero-order chi connectivity index (χ0) is 29.9. The van der Waals surface area contributed by atoms with Gasteiger partial charge in [-0.25, -0.2) is 0 Å². The van der Waals surface area contributed by atoms with Gasteiger partial charge < -0.3 is 37.6 Å². The Bertz CT molecular complexity index is 1750. The molecule has 1 aromatic heterocycles. The highest BCUT2D eigenvalue weighted by Crippen LogP contribution is 2.44. The molecule has 41 heavy (non-hydrogen) atoms. The molecule has 3 aromatic carbocycles. The smallest absolute Gasteiger partial charge is 0.339 e. The van der Waals surface area contributed by atoms with Gasteiger partial charge in [0.25, 0.3) is 0 Å². The number of benzene rings is 3. The van der Waals surface area contributed by atoms with Gasteiger partial charge in [-0.05, 0) is 36.4 Å². The minimum atomic E-state index is -4.58. The van der Waals surface area contributed by atoms with Gasteiger partial charge in [0, 0.05) is 30.3 Å². The van der Waals surface area contributed by atoms with Crippen LogP contribution in [0.2, 0.25) is 0 Å². The van der Waals surface area contributed by atoms with E-state index in [4.69, 9.17) is 32.3 Å². The van der Waals surface area contributed by atoms with E-state index in [9.17, 15) is 18.0 Å². The molecule has 0 aliphatic heterocycles. The average molecular weight is 586 g/mol. The molecule has 12 nitrogen and oxygen atoms in total. The molecule has 4 aromatic rings. The van der Waals surface area contributed by atoms with Crippen LogP contribution in [0.15, 0.2) is 62.6 Å². The van der Waals surface area contributed by atoms with Crippen molar-refractivity contribution in [2.45, 2.75) is 11.8 Å². The molecule has 0 saturated heterocycles. The number of nitrogens with one attached hydrogen (secondary N) is 1. The second kappa shape index (κ2) is 11.7. The lowest BCUT2D eigenvalue weighted by Crippen LogP contribution is -2.17. The summed E-state index contributed by atoms with van der Waals surface area (Å²) in [5.41, 5.74) is -0.225. The number of ether oxygens (including phenoxy) is 5. The van der Waals surface area contributed by atoms with E-state index in [0.717, 1.165) is 0 Å². The number of anilines is 1. The summed E-state index contributed by atoms with van der Waals surface area (Å²) in [4.78, 5) is 25.0. The van der Waals surface area contributed by atoms with Gasteiger partial charge in [-0.1, -0.05) is 0 Å². The molecule has 0 bridgehead atoms. The number of hydrogen-bond acceptors (Lipinski definition) is 11. The van der Waals surface area contributed by atoms with E-state index in [2.05, 4.69) is 5.32 Å². The predicted octanol–water partition coefficient (Wildman–Crippen LogP) is 4.23. The van der Waals surface area contributed by atoms with Crippen molar-refractivity contribution in [1.29, 1.82) is 0 Å². The summed E-state index contributed by atoms with van der Waals surface area (Å²) >= 11 is 0. The monoisotopic (exact) mass is 585 g/mol. The van der Waals surface area contributed by atoms with Gasteiger partial charge >= 0.3 is 10.1 Å². The number of carbonyl (C=O) groups is 1. The first-order chi connectivity index (χ1) is 19.6. The summed E-state index contributed by atoms with van der Waals surface area (Å²) in [6, 6.07) is 11.1. The topological polar surface area (TPSA) is 149 Å². The Morgan fingerprint density at radius 3 is 1.90 bits per heavy atom. The van der Waals surface area contributed by atoms with E-state index in [1.807, 2.05) is 0 Å². The lowest BCUT2D eigenvalue weighted by Gasteiger charge is -2.16. The maximum atomic E-state index is 13.9. The summed E-state index contributed by atoms with van der Waals surface area (Å²) in [6.45, 7) is 1.32. The van der Waals surface area contributed by atoms with E-state index in [1.165, 1.54) is 91.0 Å². The van der Waals surface area contributed by atoms with Crippen LogP contribution in [0, 0.1) is 0 Å². The summed E-state index contributed by atoms with van der Waals surface area (Å²) in [6.07, 6.45) is 0. The van der Waals surface area contributed by atoms with E-state index < -0.39 is 21.3 Å². The third-order valence-corrected chi connectivity index (χ3v) is 7.17. The maximum absolute atomic E-state index is 13.9. The van der Waals surface area contributed by atoms with Crippen LogP contribution in [0.25, 0.3) is 22.3 Å². The van der Waals surface area contributed by atoms with Gasteiger partial charge in [-0.3, -0.25) is 9.59 Å². The molecule has 13 heteroatoms. The molecule has 0 radical (unpaired) electrons. The van der Waals surface area contributed by atoms with Crippen LogP contribution in [0.3, 0.4) is 0 Å². The highest BCUT2D eigenvalue weighted by molar-refractivity contribution is 7.87. The van der Waals surface area contributed by atoms with Crippen molar-refractivity contribution in [2.24, 2.45) is 0 Å². The molecule has 1 N–H and O–H groups in total. The van der Waals surface area contributed by atoms with Gasteiger partial charge in [-0.2, -0.15) is 8.42 Å². The van der Waals surface area contributed by atoms with Crippen LogP contribution in [0.4, 0.5) is 5.69 Å². The van der Waals surface area contributed by atoms with Crippen LogP contribution >= 0.6 is 0 Å². The third-order valence-electron chi connectivity index (χ3n) is 5.93. The molecule has 0 unspecified atom stereocenters. The van der Waals surface area contributed by atoms with Crippen molar-refractivity contribution in [1.82, 2.24) is 0 Å². The van der Waals surface area contributed by atoms with E-state index in [0.29, 0.717) is 11.4 Å². The minimum Gasteiger partial charge on any atom is -0.496 e. The van der Waals surface area contributed by atoms with Crippen LogP contribution in [-0.4, -0.2) is 49.9 Å². The second-order valence-corrected chi connectivity index (χ2v) is 10.00. The first-order valence-corrected chi connectivity index (χ1v) is 13.3. The average Bonchev–Trinajstić information content (AvgIpc) is 2.96. The highest BCUT2D eigenvalue weighted by Gasteiger charge is 2.28. The Hall–Kier alpha value is -4.91. The van der Waals surface area contributed by atoms with Gasteiger partial charge in [-0.15, -0.1) is 0 Å². The number of fused-ring (bicyclic) bond motifs is 1.